The third-order valence-electron chi connectivity index (χ3n) is 3.09. The van der Waals surface area contributed by atoms with E-state index < -0.39 is 5.97 Å². The number of carbonyl (C=O) groups is 1. The quantitative estimate of drug-likeness (QED) is 0.818. The number of carboxylic acids is 1. The van der Waals surface area contributed by atoms with Crippen molar-refractivity contribution in [1.82, 2.24) is 0 Å². The van der Waals surface area contributed by atoms with Crippen molar-refractivity contribution in [2.45, 2.75) is 38.0 Å². The van der Waals surface area contributed by atoms with Crippen LogP contribution in [-0.4, -0.2) is 11.1 Å². The third kappa shape index (κ3) is 2.04. The monoisotopic (exact) mass is 204 g/mol. The van der Waals surface area contributed by atoms with Gasteiger partial charge >= 0.3 is 5.97 Å². The smallest absolute Gasteiger partial charge is 0.310 e. The first-order valence-electron chi connectivity index (χ1n) is 5.55. The molecule has 80 valence electrons. The maximum Gasteiger partial charge on any atom is 0.310 e. The zero-order valence-electron chi connectivity index (χ0n) is 8.94. The Morgan fingerprint density at radius 3 is 2.67 bits per heavy atom. The van der Waals surface area contributed by atoms with Gasteiger partial charge in [0.1, 0.15) is 0 Å². The number of hydrogen-bond acceptors (Lipinski definition) is 1. The molecule has 0 bridgehead atoms. The molecule has 2 rings (SSSR count). The number of aliphatic carboxylic acids is 1. The van der Waals surface area contributed by atoms with Crippen LogP contribution in [0.4, 0.5) is 0 Å². The topological polar surface area (TPSA) is 37.3 Å². The van der Waals surface area contributed by atoms with Crippen molar-refractivity contribution in [2.24, 2.45) is 0 Å². The lowest BCUT2D eigenvalue weighted by molar-refractivity contribution is -0.138. The van der Waals surface area contributed by atoms with Gasteiger partial charge in [-0.3, -0.25) is 4.79 Å². The molecule has 0 amide bonds. The van der Waals surface area contributed by atoms with Crippen molar-refractivity contribution < 1.29 is 9.90 Å². The second-order valence-corrected chi connectivity index (χ2v) is 4.20. The van der Waals surface area contributed by atoms with E-state index in [9.17, 15) is 4.79 Å². The molecule has 2 nitrogen and oxygen atoms in total. The first kappa shape index (κ1) is 10.2. The van der Waals surface area contributed by atoms with Crippen LogP contribution >= 0.6 is 0 Å². The van der Waals surface area contributed by atoms with E-state index in [1.54, 1.807) is 0 Å². The van der Waals surface area contributed by atoms with E-state index in [2.05, 4.69) is 6.07 Å². The van der Waals surface area contributed by atoms with Crippen molar-refractivity contribution >= 4 is 5.97 Å². The van der Waals surface area contributed by atoms with Gasteiger partial charge in [-0.25, -0.2) is 0 Å². The lowest BCUT2D eigenvalue weighted by atomic mass is 9.90. The van der Waals surface area contributed by atoms with E-state index >= 15 is 0 Å². The molecule has 2 heteroatoms. The summed E-state index contributed by atoms with van der Waals surface area (Å²) in [6.07, 6.45) is 3.10. The lowest BCUT2D eigenvalue weighted by Crippen LogP contribution is -2.12. The van der Waals surface area contributed by atoms with Crippen molar-refractivity contribution in [2.75, 3.05) is 0 Å². The summed E-state index contributed by atoms with van der Waals surface area (Å²) in [7, 11) is 0. The minimum Gasteiger partial charge on any atom is -0.481 e. The van der Waals surface area contributed by atoms with Crippen molar-refractivity contribution in [1.29, 1.82) is 0 Å². The molecule has 0 aromatic heterocycles. The van der Waals surface area contributed by atoms with Gasteiger partial charge in [-0.05, 0) is 36.3 Å². The Morgan fingerprint density at radius 1 is 1.47 bits per heavy atom. The molecule has 1 saturated carbocycles. The average molecular weight is 204 g/mol. The maximum absolute atomic E-state index is 11.1. The van der Waals surface area contributed by atoms with Crippen molar-refractivity contribution in [3.63, 3.8) is 0 Å². The van der Waals surface area contributed by atoms with Crippen LogP contribution in [0.5, 0.6) is 0 Å². The van der Waals surface area contributed by atoms with Crippen molar-refractivity contribution in [3.8, 4) is 0 Å². The summed E-state index contributed by atoms with van der Waals surface area (Å²) >= 11 is 0. The third-order valence-corrected chi connectivity index (χ3v) is 3.09. The minimum atomic E-state index is -0.703. The summed E-state index contributed by atoms with van der Waals surface area (Å²) in [5.41, 5.74) is 2.28. The van der Waals surface area contributed by atoms with Crippen LogP contribution in [0.25, 0.3) is 0 Å². The minimum absolute atomic E-state index is 0.332. The van der Waals surface area contributed by atoms with Crippen LogP contribution in [0.1, 0.15) is 49.1 Å². The molecule has 0 aliphatic heterocycles. The average Bonchev–Trinajstić information content (AvgIpc) is 3.02. The number of hydrogen-bond donors (Lipinski definition) is 1. The maximum atomic E-state index is 11.1. The van der Waals surface area contributed by atoms with Gasteiger partial charge in [0, 0.05) is 0 Å². The molecule has 0 radical (unpaired) electrons. The summed E-state index contributed by atoms with van der Waals surface area (Å²) in [6, 6.07) is 7.99. The first-order valence-corrected chi connectivity index (χ1v) is 5.55. The van der Waals surface area contributed by atoms with Crippen LogP contribution in [0.15, 0.2) is 24.3 Å². The molecule has 1 aliphatic rings. The summed E-state index contributed by atoms with van der Waals surface area (Å²) in [6.45, 7) is 1.93. The van der Waals surface area contributed by atoms with Crippen molar-refractivity contribution in [3.05, 3.63) is 35.4 Å². The van der Waals surface area contributed by atoms with Crippen LogP contribution < -0.4 is 0 Å². The molecular weight excluding hydrogens is 188 g/mol. The van der Waals surface area contributed by atoms with Gasteiger partial charge in [-0.15, -0.1) is 0 Å². The Bertz CT molecular complexity index is 367. The Labute approximate surface area is 89.9 Å². The fourth-order valence-corrected chi connectivity index (χ4v) is 2.12. The molecule has 1 N–H and O–H groups in total. The molecule has 1 aromatic carbocycles. The van der Waals surface area contributed by atoms with E-state index in [0.29, 0.717) is 12.3 Å². The van der Waals surface area contributed by atoms with Gasteiger partial charge in [0.05, 0.1) is 5.92 Å². The standard InChI is InChI=1S/C13H16O2/c1-2-10(13(14)15)12-6-4-3-5-11(12)9-7-8-9/h3-6,9-10H,2,7-8H2,1H3,(H,14,15). The summed E-state index contributed by atoms with van der Waals surface area (Å²) in [4.78, 5) is 11.1. The largest absolute Gasteiger partial charge is 0.481 e. The van der Waals surface area contributed by atoms with E-state index in [1.807, 2.05) is 25.1 Å². The molecule has 1 aromatic rings. The number of carboxylic acid groups (broad SMARTS) is 1. The van der Waals surface area contributed by atoms with Crippen LogP contribution in [0, 0.1) is 0 Å². The highest BCUT2D eigenvalue weighted by Crippen LogP contribution is 2.43. The fourth-order valence-electron chi connectivity index (χ4n) is 2.12. The molecule has 15 heavy (non-hydrogen) atoms. The Hall–Kier alpha value is -1.31. The Balaban J connectivity index is 2.36. The zero-order valence-corrected chi connectivity index (χ0v) is 8.94. The molecule has 0 saturated heterocycles. The Morgan fingerprint density at radius 2 is 2.13 bits per heavy atom. The highest BCUT2D eigenvalue weighted by molar-refractivity contribution is 5.76. The van der Waals surface area contributed by atoms with Gasteiger partial charge in [0.2, 0.25) is 0 Å². The van der Waals surface area contributed by atoms with Gasteiger partial charge in [-0.1, -0.05) is 31.2 Å². The van der Waals surface area contributed by atoms with Gasteiger partial charge in [-0.2, -0.15) is 0 Å². The van der Waals surface area contributed by atoms with Gasteiger partial charge in [0.15, 0.2) is 0 Å². The van der Waals surface area contributed by atoms with Gasteiger partial charge in [0.25, 0.3) is 0 Å². The first-order chi connectivity index (χ1) is 7.24. The summed E-state index contributed by atoms with van der Waals surface area (Å²) < 4.78 is 0. The molecule has 1 unspecified atom stereocenters. The summed E-state index contributed by atoms with van der Waals surface area (Å²) in [5, 5.41) is 9.15. The zero-order chi connectivity index (χ0) is 10.8. The molecule has 1 fully saturated rings. The van der Waals surface area contributed by atoms with Gasteiger partial charge < -0.3 is 5.11 Å². The highest BCUT2D eigenvalue weighted by atomic mass is 16.4. The molecular formula is C13H16O2. The number of rotatable bonds is 4. The SMILES string of the molecule is CCC(C(=O)O)c1ccccc1C1CC1. The van der Waals surface area contributed by atoms with E-state index in [1.165, 1.54) is 18.4 Å². The van der Waals surface area contributed by atoms with E-state index in [0.717, 1.165) is 5.56 Å². The molecule has 0 heterocycles. The predicted molar refractivity (Wildman–Crippen MR) is 59.1 cm³/mol. The lowest BCUT2D eigenvalue weighted by Gasteiger charge is -2.14. The highest BCUT2D eigenvalue weighted by Gasteiger charge is 2.29. The number of benzene rings is 1. The molecule has 0 spiro atoms. The van der Waals surface area contributed by atoms with E-state index in [-0.39, 0.29) is 5.92 Å². The predicted octanol–water partition coefficient (Wildman–Crippen LogP) is 3.14. The van der Waals surface area contributed by atoms with Crippen LogP contribution in [0.3, 0.4) is 0 Å². The summed E-state index contributed by atoms with van der Waals surface area (Å²) in [5.74, 6) is -0.415. The fraction of sp³-hybridized carbons (Fsp3) is 0.462. The molecule has 1 atom stereocenters. The Kier molecular flexibility index (Phi) is 2.76. The molecule has 1 aliphatic carbocycles. The van der Waals surface area contributed by atoms with Crippen LogP contribution in [0.2, 0.25) is 0 Å². The van der Waals surface area contributed by atoms with Crippen LogP contribution in [-0.2, 0) is 4.79 Å². The van der Waals surface area contributed by atoms with E-state index in [4.69, 9.17) is 5.11 Å². The second kappa shape index (κ2) is 4.05. The normalized spacial score (nSPS) is 17.4. The second-order valence-electron chi connectivity index (χ2n) is 4.20.